The topological polar surface area (TPSA) is 69.4 Å². The predicted molar refractivity (Wildman–Crippen MR) is 83.2 cm³/mol. The van der Waals surface area contributed by atoms with Crippen molar-refractivity contribution >= 4 is 5.97 Å². The molecule has 0 amide bonds. The lowest BCUT2D eigenvalue weighted by atomic mass is 10.0. The van der Waals surface area contributed by atoms with Crippen LogP contribution in [0.5, 0.6) is 0 Å². The highest BCUT2D eigenvalue weighted by Crippen LogP contribution is 2.20. The number of ether oxygens (including phenoxy) is 1. The van der Waals surface area contributed by atoms with Gasteiger partial charge >= 0.3 is 5.97 Å². The van der Waals surface area contributed by atoms with E-state index in [0.29, 0.717) is 5.56 Å². The zero-order valence-corrected chi connectivity index (χ0v) is 12.5. The van der Waals surface area contributed by atoms with E-state index in [-0.39, 0.29) is 6.61 Å². The minimum absolute atomic E-state index is 0.269. The summed E-state index contributed by atoms with van der Waals surface area (Å²) in [6.45, 7) is 2.57. The van der Waals surface area contributed by atoms with Crippen LogP contribution in [0, 0.1) is 10.1 Å². The summed E-state index contributed by atoms with van der Waals surface area (Å²) in [7, 11) is 0. The summed E-state index contributed by atoms with van der Waals surface area (Å²) in [6, 6.07) is 16.6. The molecule has 0 aliphatic carbocycles. The molecular formula is C17H17NO4. The third-order valence-corrected chi connectivity index (χ3v) is 3.26. The molecule has 0 fully saturated rings. The molecule has 0 bridgehead atoms. The minimum atomic E-state index is -1.30. The van der Waals surface area contributed by atoms with E-state index in [1.54, 1.807) is 18.2 Å². The number of carbonyl (C=O) groups excluding carboxylic acids is 1. The van der Waals surface area contributed by atoms with Crippen molar-refractivity contribution in [1.82, 2.24) is 0 Å². The van der Waals surface area contributed by atoms with Gasteiger partial charge in [-0.3, -0.25) is 10.1 Å². The van der Waals surface area contributed by atoms with Crippen molar-refractivity contribution in [2.24, 2.45) is 0 Å². The Hall–Kier alpha value is -2.69. The van der Waals surface area contributed by atoms with Crippen LogP contribution < -0.4 is 0 Å². The summed E-state index contributed by atoms with van der Waals surface area (Å²) in [5.41, 5.74) is 0.957. The van der Waals surface area contributed by atoms with Crippen molar-refractivity contribution in [2.45, 2.75) is 19.4 Å². The van der Waals surface area contributed by atoms with Crippen LogP contribution in [0.4, 0.5) is 0 Å². The maximum absolute atomic E-state index is 12.1. The molecule has 0 aliphatic heterocycles. The van der Waals surface area contributed by atoms with Crippen LogP contribution in [0.15, 0.2) is 54.6 Å². The van der Waals surface area contributed by atoms with Crippen molar-refractivity contribution in [1.29, 1.82) is 0 Å². The normalized spacial score (nSPS) is 11.0. The number of rotatable bonds is 5. The fourth-order valence-corrected chi connectivity index (χ4v) is 1.83. The van der Waals surface area contributed by atoms with Gasteiger partial charge in [0, 0.05) is 18.8 Å². The maximum atomic E-state index is 12.1. The molecule has 2 aromatic rings. The fraction of sp³-hybridized carbons (Fsp3) is 0.235. The Morgan fingerprint density at radius 1 is 1.09 bits per heavy atom. The van der Waals surface area contributed by atoms with Gasteiger partial charge in [-0.2, -0.15) is 0 Å². The average Bonchev–Trinajstić information content (AvgIpc) is 2.53. The Kier molecular flexibility index (Phi) is 4.56. The number of hydrogen-bond acceptors (Lipinski definition) is 4. The molecule has 0 radical (unpaired) electrons. The second-order valence-corrected chi connectivity index (χ2v) is 5.59. The van der Waals surface area contributed by atoms with Gasteiger partial charge in [-0.1, -0.05) is 42.5 Å². The molecule has 0 N–H and O–H groups in total. The Labute approximate surface area is 128 Å². The van der Waals surface area contributed by atoms with Crippen LogP contribution in [-0.2, 0) is 4.74 Å². The first kappa shape index (κ1) is 15.7. The van der Waals surface area contributed by atoms with Gasteiger partial charge in [-0.05, 0) is 23.3 Å². The summed E-state index contributed by atoms with van der Waals surface area (Å²) in [6.07, 6.45) is 0. The summed E-state index contributed by atoms with van der Waals surface area (Å²) >= 11 is 0. The lowest BCUT2D eigenvalue weighted by molar-refractivity contribution is -0.563. The molecule has 0 aliphatic rings. The highest BCUT2D eigenvalue weighted by molar-refractivity contribution is 5.91. The SMILES string of the molecule is CC(C)(COC(=O)c1cccc(-c2ccccc2)c1)[N+](=O)[O-]. The second kappa shape index (κ2) is 6.39. The van der Waals surface area contributed by atoms with E-state index in [1.807, 2.05) is 36.4 Å². The van der Waals surface area contributed by atoms with Gasteiger partial charge in [0.1, 0.15) is 0 Å². The van der Waals surface area contributed by atoms with Crippen molar-refractivity contribution in [3.63, 3.8) is 0 Å². The largest absolute Gasteiger partial charge is 0.454 e. The van der Waals surface area contributed by atoms with E-state index >= 15 is 0 Å². The van der Waals surface area contributed by atoms with Crippen LogP contribution in [0.1, 0.15) is 24.2 Å². The lowest BCUT2D eigenvalue weighted by Crippen LogP contribution is -2.37. The van der Waals surface area contributed by atoms with Gasteiger partial charge in [0.05, 0.1) is 5.56 Å². The van der Waals surface area contributed by atoms with Crippen LogP contribution >= 0.6 is 0 Å². The molecule has 5 heteroatoms. The molecule has 2 rings (SSSR count). The Morgan fingerprint density at radius 2 is 1.73 bits per heavy atom. The first-order chi connectivity index (χ1) is 10.4. The monoisotopic (exact) mass is 299 g/mol. The van der Waals surface area contributed by atoms with E-state index in [9.17, 15) is 14.9 Å². The third kappa shape index (κ3) is 3.69. The van der Waals surface area contributed by atoms with Crippen molar-refractivity contribution in [2.75, 3.05) is 6.61 Å². The van der Waals surface area contributed by atoms with E-state index in [0.717, 1.165) is 11.1 Å². The molecule has 0 heterocycles. The number of carbonyl (C=O) groups is 1. The van der Waals surface area contributed by atoms with E-state index < -0.39 is 16.4 Å². The van der Waals surface area contributed by atoms with Gasteiger partial charge < -0.3 is 4.74 Å². The summed E-state index contributed by atoms with van der Waals surface area (Å²) in [5, 5.41) is 10.8. The van der Waals surface area contributed by atoms with Gasteiger partial charge in [-0.15, -0.1) is 0 Å². The van der Waals surface area contributed by atoms with Crippen molar-refractivity contribution in [3.8, 4) is 11.1 Å². The van der Waals surface area contributed by atoms with Crippen LogP contribution in [0.25, 0.3) is 11.1 Å². The molecule has 0 saturated carbocycles. The van der Waals surface area contributed by atoms with Gasteiger partial charge in [0.15, 0.2) is 6.61 Å². The first-order valence-electron chi connectivity index (χ1n) is 6.87. The molecule has 5 nitrogen and oxygen atoms in total. The highest BCUT2D eigenvalue weighted by atomic mass is 16.6. The second-order valence-electron chi connectivity index (χ2n) is 5.59. The quantitative estimate of drug-likeness (QED) is 0.481. The van der Waals surface area contributed by atoms with Gasteiger partial charge in [0.2, 0.25) is 5.54 Å². The molecular weight excluding hydrogens is 282 g/mol. The molecule has 22 heavy (non-hydrogen) atoms. The molecule has 0 atom stereocenters. The first-order valence-corrected chi connectivity index (χ1v) is 6.87. The molecule has 2 aromatic carbocycles. The van der Waals surface area contributed by atoms with E-state index in [2.05, 4.69) is 0 Å². The smallest absolute Gasteiger partial charge is 0.338 e. The number of esters is 1. The predicted octanol–water partition coefficient (Wildman–Crippen LogP) is 3.57. The third-order valence-electron chi connectivity index (χ3n) is 3.26. The molecule has 114 valence electrons. The van der Waals surface area contributed by atoms with E-state index in [4.69, 9.17) is 4.74 Å². The summed E-state index contributed by atoms with van der Waals surface area (Å²) in [5.74, 6) is -0.562. The van der Waals surface area contributed by atoms with Crippen LogP contribution in [0.2, 0.25) is 0 Å². The number of nitrogens with zero attached hydrogens (tertiary/aromatic N) is 1. The van der Waals surface area contributed by atoms with Crippen molar-refractivity contribution in [3.05, 3.63) is 70.3 Å². The molecule has 0 unspecified atom stereocenters. The Morgan fingerprint density at radius 3 is 2.36 bits per heavy atom. The molecule has 0 spiro atoms. The van der Waals surface area contributed by atoms with Gasteiger partial charge in [0.25, 0.3) is 0 Å². The number of benzene rings is 2. The fourth-order valence-electron chi connectivity index (χ4n) is 1.83. The number of hydrogen-bond donors (Lipinski definition) is 0. The average molecular weight is 299 g/mol. The van der Waals surface area contributed by atoms with Crippen LogP contribution in [-0.4, -0.2) is 23.0 Å². The van der Waals surface area contributed by atoms with Crippen molar-refractivity contribution < 1.29 is 14.5 Å². The maximum Gasteiger partial charge on any atom is 0.338 e. The Bertz CT molecular complexity index is 680. The van der Waals surface area contributed by atoms with E-state index in [1.165, 1.54) is 13.8 Å². The standard InChI is InChI=1S/C17H17NO4/c1-17(2,18(20)21)12-22-16(19)15-10-6-9-14(11-15)13-7-4-3-5-8-13/h3-11H,12H2,1-2H3. The zero-order valence-electron chi connectivity index (χ0n) is 12.5. The molecule has 0 saturated heterocycles. The molecule has 0 aromatic heterocycles. The number of nitro groups is 1. The summed E-state index contributed by atoms with van der Waals surface area (Å²) < 4.78 is 5.06. The van der Waals surface area contributed by atoms with Gasteiger partial charge in [-0.25, -0.2) is 4.79 Å². The lowest BCUT2D eigenvalue weighted by Gasteiger charge is -2.15. The summed E-state index contributed by atoms with van der Waals surface area (Å²) in [4.78, 5) is 22.4. The zero-order chi connectivity index (χ0) is 16.2. The minimum Gasteiger partial charge on any atom is -0.454 e. The Balaban J connectivity index is 2.13. The van der Waals surface area contributed by atoms with Crippen LogP contribution in [0.3, 0.4) is 0 Å². The highest BCUT2D eigenvalue weighted by Gasteiger charge is 2.32.